The molecule has 0 fully saturated rings. The quantitative estimate of drug-likeness (QED) is 0.398. The van der Waals surface area contributed by atoms with Crippen LogP contribution in [-0.4, -0.2) is 36.5 Å². The lowest BCUT2D eigenvalue weighted by Gasteiger charge is -2.07. The number of ether oxygens (including phenoxy) is 3. The molecule has 3 rings (SSSR count). The highest BCUT2D eigenvalue weighted by Gasteiger charge is 2.06. The first-order valence-corrected chi connectivity index (χ1v) is 9.56. The van der Waals surface area contributed by atoms with Gasteiger partial charge in [0.25, 0.3) is 0 Å². The summed E-state index contributed by atoms with van der Waals surface area (Å²) in [6.07, 6.45) is 1.59. The summed E-state index contributed by atoms with van der Waals surface area (Å²) in [6.45, 7) is 2.70. The van der Waals surface area contributed by atoms with Gasteiger partial charge in [0, 0.05) is 5.56 Å². The minimum Gasteiger partial charge on any atom is -0.497 e. The largest absolute Gasteiger partial charge is 0.497 e. The van der Waals surface area contributed by atoms with Crippen LogP contribution in [0.5, 0.6) is 11.5 Å². The van der Waals surface area contributed by atoms with E-state index in [9.17, 15) is 4.79 Å². The van der Waals surface area contributed by atoms with Crippen molar-refractivity contribution in [2.75, 3.05) is 20.3 Å². The molecule has 0 amide bonds. The Kier molecular flexibility index (Phi) is 7.16. The van der Waals surface area contributed by atoms with Crippen LogP contribution in [0.1, 0.15) is 29.4 Å². The predicted octanol–water partition coefficient (Wildman–Crippen LogP) is 4.34. The third-order valence-electron chi connectivity index (χ3n) is 4.32. The van der Waals surface area contributed by atoms with Gasteiger partial charge in [-0.05, 0) is 80.4 Å². The van der Waals surface area contributed by atoms with Crippen molar-refractivity contribution in [1.29, 1.82) is 0 Å². The Bertz CT molecular complexity index is 907. The molecule has 0 unspecified atom stereocenters. The second-order valence-corrected chi connectivity index (χ2v) is 6.34. The minimum atomic E-state index is -0.323. The topological polar surface area (TPSA) is 70.5 Å². The number of aromatic nitrogens is 2. The smallest absolute Gasteiger partial charge is 0.338 e. The summed E-state index contributed by atoms with van der Waals surface area (Å²) in [5.41, 5.74) is 3.27. The maximum atomic E-state index is 11.6. The van der Waals surface area contributed by atoms with Crippen molar-refractivity contribution < 1.29 is 19.0 Å². The fraction of sp³-hybridized carbons (Fsp3) is 0.261. The molecule has 0 atom stereocenters. The van der Waals surface area contributed by atoms with Crippen molar-refractivity contribution in [3.05, 3.63) is 71.9 Å². The van der Waals surface area contributed by atoms with E-state index in [-0.39, 0.29) is 5.97 Å². The third-order valence-corrected chi connectivity index (χ3v) is 4.32. The molecule has 1 aromatic heterocycles. The third kappa shape index (κ3) is 5.78. The summed E-state index contributed by atoms with van der Waals surface area (Å²) < 4.78 is 15.9. The Balaban J connectivity index is 1.45. The molecular weight excluding hydrogens is 368 g/mol. The van der Waals surface area contributed by atoms with E-state index >= 15 is 0 Å². The van der Waals surface area contributed by atoms with Crippen molar-refractivity contribution in [3.8, 4) is 22.8 Å². The Morgan fingerprint density at radius 2 is 1.62 bits per heavy atom. The van der Waals surface area contributed by atoms with Crippen LogP contribution in [0.15, 0.2) is 60.7 Å². The van der Waals surface area contributed by atoms with Gasteiger partial charge in [0.15, 0.2) is 0 Å². The van der Waals surface area contributed by atoms with Crippen LogP contribution in [0.3, 0.4) is 0 Å². The number of carbonyl (C=O) groups excluding carboxylic acids is 1. The number of benzene rings is 2. The van der Waals surface area contributed by atoms with Crippen molar-refractivity contribution in [1.82, 2.24) is 10.2 Å². The molecule has 0 saturated carbocycles. The van der Waals surface area contributed by atoms with Gasteiger partial charge in [-0.3, -0.25) is 0 Å². The zero-order valence-electron chi connectivity index (χ0n) is 16.6. The van der Waals surface area contributed by atoms with E-state index in [0.29, 0.717) is 18.8 Å². The molecule has 0 bridgehead atoms. The highest BCUT2D eigenvalue weighted by Crippen LogP contribution is 2.20. The van der Waals surface area contributed by atoms with E-state index in [0.717, 1.165) is 41.3 Å². The first kappa shape index (κ1) is 20.3. The second kappa shape index (κ2) is 10.2. The lowest BCUT2D eigenvalue weighted by Crippen LogP contribution is -2.05. The average Bonchev–Trinajstić information content (AvgIpc) is 2.78. The molecule has 0 saturated heterocycles. The minimum absolute atomic E-state index is 0.323. The normalized spacial score (nSPS) is 10.4. The van der Waals surface area contributed by atoms with Crippen LogP contribution in [0.4, 0.5) is 0 Å². The van der Waals surface area contributed by atoms with Crippen LogP contribution in [0.2, 0.25) is 0 Å². The zero-order valence-corrected chi connectivity index (χ0v) is 16.6. The number of aryl methyl sites for hydroxylation is 1. The molecule has 29 heavy (non-hydrogen) atoms. The van der Waals surface area contributed by atoms with E-state index < -0.39 is 0 Å². The van der Waals surface area contributed by atoms with Crippen molar-refractivity contribution >= 4 is 5.97 Å². The molecule has 0 spiro atoms. The maximum absolute atomic E-state index is 11.6. The van der Waals surface area contributed by atoms with Gasteiger partial charge in [-0.1, -0.05) is 0 Å². The van der Waals surface area contributed by atoms with Crippen LogP contribution in [0.25, 0.3) is 11.3 Å². The van der Waals surface area contributed by atoms with Gasteiger partial charge in [-0.15, -0.1) is 0 Å². The molecule has 3 aromatic rings. The van der Waals surface area contributed by atoms with Gasteiger partial charge in [0.05, 0.1) is 37.3 Å². The van der Waals surface area contributed by atoms with Gasteiger partial charge in [-0.2, -0.15) is 10.2 Å². The first-order chi connectivity index (χ1) is 14.2. The lowest BCUT2D eigenvalue weighted by atomic mass is 10.1. The molecule has 150 valence electrons. The Labute approximate surface area is 170 Å². The summed E-state index contributed by atoms with van der Waals surface area (Å²) in [5.74, 6) is 1.21. The van der Waals surface area contributed by atoms with Crippen molar-refractivity contribution in [2.45, 2.75) is 19.8 Å². The standard InChI is InChI=1S/C23H24N2O4/c1-3-28-23(26)18-8-13-21(14-9-18)29-16-4-5-19-10-15-22(25-24-19)17-6-11-20(27-2)12-7-17/h6-15H,3-5,16H2,1-2H3. The molecule has 0 aliphatic heterocycles. The number of rotatable bonds is 9. The number of esters is 1. The SMILES string of the molecule is CCOC(=O)c1ccc(OCCCc2ccc(-c3ccc(OC)cc3)nn2)cc1. The molecule has 6 nitrogen and oxygen atoms in total. The number of carbonyl (C=O) groups is 1. The summed E-state index contributed by atoms with van der Waals surface area (Å²) >= 11 is 0. The fourth-order valence-electron chi connectivity index (χ4n) is 2.75. The Hall–Kier alpha value is -3.41. The molecule has 0 aliphatic carbocycles. The molecular formula is C23H24N2O4. The Morgan fingerprint density at radius 3 is 2.24 bits per heavy atom. The van der Waals surface area contributed by atoms with E-state index in [1.165, 1.54) is 0 Å². The van der Waals surface area contributed by atoms with Crippen molar-refractivity contribution in [3.63, 3.8) is 0 Å². The van der Waals surface area contributed by atoms with Gasteiger partial charge in [0.2, 0.25) is 0 Å². The highest BCUT2D eigenvalue weighted by atomic mass is 16.5. The molecule has 6 heteroatoms. The highest BCUT2D eigenvalue weighted by molar-refractivity contribution is 5.89. The number of hydrogen-bond donors (Lipinski definition) is 0. The predicted molar refractivity (Wildman–Crippen MR) is 110 cm³/mol. The van der Waals surface area contributed by atoms with E-state index in [4.69, 9.17) is 14.2 Å². The number of methoxy groups -OCH3 is 1. The van der Waals surface area contributed by atoms with E-state index in [1.54, 1.807) is 38.3 Å². The van der Waals surface area contributed by atoms with Gasteiger partial charge >= 0.3 is 5.97 Å². The zero-order chi connectivity index (χ0) is 20.5. The van der Waals surface area contributed by atoms with Crippen LogP contribution >= 0.6 is 0 Å². The number of hydrogen-bond acceptors (Lipinski definition) is 6. The fourth-order valence-corrected chi connectivity index (χ4v) is 2.75. The molecule has 0 radical (unpaired) electrons. The summed E-state index contributed by atoms with van der Waals surface area (Å²) in [5, 5.41) is 8.61. The maximum Gasteiger partial charge on any atom is 0.338 e. The van der Waals surface area contributed by atoms with E-state index in [1.807, 2.05) is 36.4 Å². The van der Waals surface area contributed by atoms with Crippen molar-refractivity contribution in [2.24, 2.45) is 0 Å². The summed E-state index contributed by atoms with van der Waals surface area (Å²) in [6, 6.07) is 18.6. The molecule has 1 heterocycles. The first-order valence-electron chi connectivity index (χ1n) is 9.56. The summed E-state index contributed by atoms with van der Waals surface area (Å²) in [4.78, 5) is 11.6. The monoisotopic (exact) mass is 392 g/mol. The molecule has 0 aliphatic rings. The van der Waals surface area contributed by atoms with Crippen LogP contribution < -0.4 is 9.47 Å². The van der Waals surface area contributed by atoms with E-state index in [2.05, 4.69) is 10.2 Å². The van der Waals surface area contributed by atoms with Crippen LogP contribution in [0, 0.1) is 0 Å². The second-order valence-electron chi connectivity index (χ2n) is 6.34. The summed E-state index contributed by atoms with van der Waals surface area (Å²) in [7, 11) is 1.64. The number of nitrogens with zero attached hydrogens (tertiary/aromatic N) is 2. The lowest BCUT2D eigenvalue weighted by molar-refractivity contribution is 0.0526. The average molecular weight is 392 g/mol. The molecule has 2 aromatic carbocycles. The van der Waals surface area contributed by atoms with Crippen LogP contribution in [-0.2, 0) is 11.2 Å². The molecule has 0 N–H and O–H groups in total. The Morgan fingerprint density at radius 1 is 0.897 bits per heavy atom. The van der Waals surface area contributed by atoms with Gasteiger partial charge in [-0.25, -0.2) is 4.79 Å². The van der Waals surface area contributed by atoms with Gasteiger partial charge < -0.3 is 14.2 Å². The van der Waals surface area contributed by atoms with Gasteiger partial charge in [0.1, 0.15) is 11.5 Å².